The van der Waals surface area contributed by atoms with Gasteiger partial charge in [0, 0.05) is 66.8 Å². The van der Waals surface area contributed by atoms with Crippen LogP contribution in [0.15, 0.2) is 60.8 Å². The number of carbonyl (C=O) groups is 3. The molecule has 0 saturated carbocycles. The Morgan fingerprint density at radius 1 is 1.11 bits per heavy atom. The molecule has 1 fully saturated rings. The van der Waals surface area contributed by atoms with Crippen LogP contribution >= 0.6 is 23.2 Å². The van der Waals surface area contributed by atoms with Gasteiger partial charge in [-0.1, -0.05) is 41.4 Å². The zero-order valence-corrected chi connectivity index (χ0v) is 27.7. The SMILES string of the molecule is CNC(=O)c1ccc(C=CC(=O)NCC(=O)N(C)c2ccc(Cl)c(COc3cccc4c(N5CCOCC5)cc(C)nc34)c2Cl)cn1. The molecule has 244 valence electrons. The highest BCUT2D eigenvalue weighted by molar-refractivity contribution is 6.38. The fourth-order valence-electron chi connectivity index (χ4n) is 5.05. The zero-order valence-electron chi connectivity index (χ0n) is 26.2. The zero-order chi connectivity index (χ0) is 33.5. The Morgan fingerprint density at radius 2 is 1.89 bits per heavy atom. The minimum absolute atomic E-state index is 0.0373. The second-order valence-electron chi connectivity index (χ2n) is 10.7. The lowest BCUT2D eigenvalue weighted by atomic mass is 10.1. The van der Waals surface area contributed by atoms with Crippen LogP contribution in [0.1, 0.15) is 27.3 Å². The van der Waals surface area contributed by atoms with Crippen LogP contribution in [0.25, 0.3) is 17.0 Å². The summed E-state index contributed by atoms with van der Waals surface area (Å²) in [7, 11) is 3.08. The van der Waals surface area contributed by atoms with Crippen molar-refractivity contribution in [2.45, 2.75) is 13.5 Å². The lowest BCUT2D eigenvalue weighted by molar-refractivity contribution is -0.122. The quantitative estimate of drug-likeness (QED) is 0.229. The molecule has 0 bridgehead atoms. The molecule has 0 aliphatic carbocycles. The molecule has 1 aliphatic rings. The van der Waals surface area contributed by atoms with Gasteiger partial charge in [-0.2, -0.15) is 0 Å². The second kappa shape index (κ2) is 15.3. The van der Waals surface area contributed by atoms with Gasteiger partial charge in [-0.15, -0.1) is 0 Å². The van der Waals surface area contributed by atoms with Crippen molar-refractivity contribution >= 4 is 69.3 Å². The highest BCUT2D eigenvalue weighted by Crippen LogP contribution is 2.37. The van der Waals surface area contributed by atoms with Crippen LogP contribution in [-0.2, 0) is 20.9 Å². The van der Waals surface area contributed by atoms with Crippen molar-refractivity contribution < 1.29 is 23.9 Å². The number of ether oxygens (including phenoxy) is 2. The molecule has 0 spiro atoms. The lowest BCUT2D eigenvalue weighted by Crippen LogP contribution is -2.37. The van der Waals surface area contributed by atoms with Gasteiger partial charge in [-0.3, -0.25) is 19.4 Å². The topological polar surface area (TPSA) is 126 Å². The number of nitrogens with zero attached hydrogens (tertiary/aromatic N) is 4. The van der Waals surface area contributed by atoms with Crippen LogP contribution in [0.5, 0.6) is 5.75 Å². The minimum Gasteiger partial charge on any atom is -0.487 e. The maximum Gasteiger partial charge on any atom is 0.269 e. The van der Waals surface area contributed by atoms with E-state index in [2.05, 4.69) is 26.6 Å². The molecule has 5 rings (SSSR count). The summed E-state index contributed by atoms with van der Waals surface area (Å²) in [5, 5.41) is 6.67. The molecular weight excluding hydrogens is 643 g/mol. The number of hydrogen-bond acceptors (Lipinski definition) is 8. The number of benzene rings is 2. The van der Waals surface area contributed by atoms with Crippen molar-refractivity contribution in [3.63, 3.8) is 0 Å². The molecule has 1 saturated heterocycles. The van der Waals surface area contributed by atoms with E-state index in [1.165, 1.54) is 30.3 Å². The van der Waals surface area contributed by atoms with Crippen molar-refractivity contribution in [1.29, 1.82) is 0 Å². The fraction of sp³-hybridized carbons (Fsp3) is 0.265. The van der Waals surface area contributed by atoms with Crippen LogP contribution in [-0.4, -0.2) is 74.6 Å². The summed E-state index contributed by atoms with van der Waals surface area (Å²) in [6, 6.07) is 14.4. The van der Waals surface area contributed by atoms with Gasteiger partial charge in [0.2, 0.25) is 11.8 Å². The first-order valence-corrected chi connectivity index (χ1v) is 15.6. The third kappa shape index (κ3) is 7.99. The Bertz CT molecular complexity index is 1830. The third-order valence-corrected chi connectivity index (χ3v) is 8.40. The standard InChI is InChI=1S/C34H34Cl2N6O5/c1-21-17-28(42-13-15-46-16-14-42)23-5-4-6-29(33(23)40-21)47-20-24-25(35)9-11-27(32(24)36)41(3)31(44)19-39-30(43)12-8-22-7-10-26(38-18-22)34(45)37-2/h4-12,17-18H,13-16,19-20H2,1-3H3,(H,37,45)(H,39,43). The van der Waals surface area contributed by atoms with Crippen molar-refractivity contribution in [3.05, 3.63) is 93.4 Å². The number of amides is 3. The number of rotatable bonds is 10. The lowest BCUT2D eigenvalue weighted by Gasteiger charge is -2.30. The number of aromatic nitrogens is 2. The molecule has 4 aromatic rings. The smallest absolute Gasteiger partial charge is 0.269 e. The molecule has 0 radical (unpaired) electrons. The normalized spacial score (nSPS) is 13.1. The molecule has 11 nitrogen and oxygen atoms in total. The second-order valence-corrected chi connectivity index (χ2v) is 11.5. The maximum atomic E-state index is 13.0. The molecule has 2 aromatic heterocycles. The first-order valence-electron chi connectivity index (χ1n) is 14.9. The molecule has 2 N–H and O–H groups in total. The third-order valence-electron chi connectivity index (χ3n) is 7.62. The van der Waals surface area contributed by atoms with Gasteiger partial charge in [0.1, 0.15) is 23.6 Å². The fourth-order valence-corrected chi connectivity index (χ4v) is 5.66. The van der Waals surface area contributed by atoms with E-state index in [-0.39, 0.29) is 29.8 Å². The predicted octanol–water partition coefficient (Wildman–Crippen LogP) is 4.81. The molecule has 0 unspecified atom stereocenters. The van der Waals surface area contributed by atoms with Gasteiger partial charge in [0.15, 0.2) is 0 Å². The first-order chi connectivity index (χ1) is 22.7. The molecular formula is C34H34Cl2N6O5. The van der Waals surface area contributed by atoms with E-state index >= 15 is 0 Å². The number of nitrogens with one attached hydrogen (secondary N) is 2. The van der Waals surface area contributed by atoms with Gasteiger partial charge in [0.05, 0.1) is 30.5 Å². The Morgan fingerprint density at radius 3 is 2.62 bits per heavy atom. The van der Waals surface area contributed by atoms with E-state index in [4.69, 9.17) is 37.7 Å². The summed E-state index contributed by atoms with van der Waals surface area (Å²) < 4.78 is 11.8. The molecule has 13 heteroatoms. The van der Waals surface area contributed by atoms with E-state index in [1.807, 2.05) is 25.1 Å². The highest BCUT2D eigenvalue weighted by Gasteiger charge is 2.21. The summed E-state index contributed by atoms with van der Waals surface area (Å²) in [6.07, 6.45) is 4.28. The maximum absolute atomic E-state index is 13.0. The van der Waals surface area contributed by atoms with E-state index in [0.29, 0.717) is 40.8 Å². The number of likely N-dealkylation sites (N-methyl/N-ethyl adjacent to an activating group) is 1. The monoisotopic (exact) mass is 676 g/mol. The van der Waals surface area contributed by atoms with Crippen LogP contribution in [0.4, 0.5) is 11.4 Å². The number of aryl methyl sites for hydroxylation is 1. The largest absolute Gasteiger partial charge is 0.487 e. The van der Waals surface area contributed by atoms with Gasteiger partial charge >= 0.3 is 0 Å². The van der Waals surface area contributed by atoms with Gasteiger partial charge in [0.25, 0.3) is 5.91 Å². The highest BCUT2D eigenvalue weighted by atomic mass is 35.5. The predicted molar refractivity (Wildman–Crippen MR) is 183 cm³/mol. The van der Waals surface area contributed by atoms with E-state index in [9.17, 15) is 14.4 Å². The number of fused-ring (bicyclic) bond motifs is 1. The van der Waals surface area contributed by atoms with Crippen LogP contribution < -0.4 is 25.2 Å². The van der Waals surface area contributed by atoms with Gasteiger partial charge in [-0.25, -0.2) is 4.98 Å². The summed E-state index contributed by atoms with van der Waals surface area (Å²) in [5.41, 5.74) is 4.47. The molecule has 3 amide bonds. The van der Waals surface area contributed by atoms with E-state index in [0.717, 1.165) is 35.4 Å². The number of hydrogen-bond donors (Lipinski definition) is 2. The van der Waals surface area contributed by atoms with Crippen LogP contribution in [0.2, 0.25) is 10.0 Å². The number of anilines is 2. The summed E-state index contributed by atoms with van der Waals surface area (Å²) in [4.78, 5) is 49.5. The average Bonchev–Trinajstić information content (AvgIpc) is 3.09. The molecule has 2 aromatic carbocycles. The first kappa shape index (κ1) is 33.6. The number of halogens is 2. The van der Waals surface area contributed by atoms with E-state index in [1.54, 1.807) is 31.3 Å². The van der Waals surface area contributed by atoms with Crippen LogP contribution in [0, 0.1) is 6.92 Å². The number of para-hydroxylation sites is 1. The molecule has 47 heavy (non-hydrogen) atoms. The Balaban J connectivity index is 1.25. The minimum atomic E-state index is -0.478. The van der Waals surface area contributed by atoms with Crippen molar-refractivity contribution in [3.8, 4) is 5.75 Å². The molecule has 1 aliphatic heterocycles. The average molecular weight is 678 g/mol. The van der Waals surface area contributed by atoms with Gasteiger partial charge in [-0.05, 0) is 48.9 Å². The van der Waals surface area contributed by atoms with Gasteiger partial charge < -0.3 is 29.9 Å². The summed E-state index contributed by atoms with van der Waals surface area (Å²) in [5.74, 6) is -0.605. The molecule has 0 atom stereocenters. The Hall–Kier alpha value is -4.71. The Kier molecular flexibility index (Phi) is 10.9. The van der Waals surface area contributed by atoms with E-state index < -0.39 is 11.8 Å². The van der Waals surface area contributed by atoms with Crippen molar-refractivity contribution in [1.82, 2.24) is 20.6 Å². The summed E-state index contributed by atoms with van der Waals surface area (Å²) in [6.45, 7) is 4.64. The van der Waals surface area contributed by atoms with Crippen LogP contribution in [0.3, 0.4) is 0 Å². The number of morpholine rings is 1. The Labute approximate surface area is 282 Å². The molecule has 3 heterocycles. The van der Waals surface area contributed by atoms with Crippen molar-refractivity contribution in [2.75, 3.05) is 56.7 Å². The number of pyridine rings is 2. The number of carbonyl (C=O) groups excluding carboxylic acids is 3. The van der Waals surface area contributed by atoms with Crippen molar-refractivity contribution in [2.24, 2.45) is 0 Å². The summed E-state index contributed by atoms with van der Waals surface area (Å²) >= 11 is 13.3.